The number of ether oxygens (including phenoxy) is 2. The Morgan fingerprint density at radius 2 is 1.85 bits per heavy atom. The van der Waals surface area contributed by atoms with Gasteiger partial charge in [0.05, 0.1) is 0 Å². The molecule has 0 heterocycles. The molecule has 20 heavy (non-hydrogen) atoms. The first kappa shape index (κ1) is 15.1. The maximum absolute atomic E-state index is 6.22. The van der Waals surface area contributed by atoms with Crippen LogP contribution in [0.3, 0.4) is 0 Å². The van der Waals surface area contributed by atoms with E-state index in [1.165, 1.54) is 32.1 Å². The Bertz CT molecular complexity index is 418. The monoisotopic (exact) mass is 274 g/mol. The van der Waals surface area contributed by atoms with Crippen molar-refractivity contribution in [3.8, 4) is 5.75 Å². The minimum absolute atomic E-state index is 0.482. The molecule has 1 aromatic rings. The summed E-state index contributed by atoms with van der Waals surface area (Å²) in [7, 11) is 0. The molecule has 1 atom stereocenters. The van der Waals surface area contributed by atoms with Crippen LogP contribution in [-0.2, 0) is 4.74 Å². The van der Waals surface area contributed by atoms with E-state index in [-0.39, 0.29) is 0 Å². The predicted octanol–water partition coefficient (Wildman–Crippen LogP) is 5.04. The SMILES string of the molecule is C=Cc1ccc(OC(C)(OCC)C2CCCCC2)cc1. The fourth-order valence-electron chi connectivity index (χ4n) is 3.05. The molecule has 1 aliphatic rings. The van der Waals surface area contributed by atoms with Crippen LogP contribution in [0, 0.1) is 5.92 Å². The molecule has 0 aromatic heterocycles. The van der Waals surface area contributed by atoms with Crippen LogP contribution >= 0.6 is 0 Å². The Kier molecular flexibility index (Phi) is 5.24. The van der Waals surface area contributed by atoms with E-state index >= 15 is 0 Å². The van der Waals surface area contributed by atoms with E-state index < -0.39 is 5.79 Å². The fraction of sp³-hybridized carbons (Fsp3) is 0.556. The largest absolute Gasteiger partial charge is 0.462 e. The van der Waals surface area contributed by atoms with Crippen molar-refractivity contribution < 1.29 is 9.47 Å². The summed E-state index contributed by atoms with van der Waals surface area (Å²) in [6, 6.07) is 8.04. The van der Waals surface area contributed by atoms with Crippen molar-refractivity contribution in [1.29, 1.82) is 0 Å². The van der Waals surface area contributed by atoms with Crippen LogP contribution in [0.2, 0.25) is 0 Å². The first-order valence-electron chi connectivity index (χ1n) is 7.73. The van der Waals surface area contributed by atoms with E-state index in [0.717, 1.165) is 11.3 Å². The van der Waals surface area contributed by atoms with Gasteiger partial charge in [0.2, 0.25) is 5.79 Å². The number of hydrogen-bond acceptors (Lipinski definition) is 2. The molecule has 2 heteroatoms. The van der Waals surface area contributed by atoms with Crippen molar-refractivity contribution in [3.05, 3.63) is 36.4 Å². The van der Waals surface area contributed by atoms with Crippen LogP contribution in [0.15, 0.2) is 30.8 Å². The summed E-state index contributed by atoms with van der Waals surface area (Å²) >= 11 is 0. The van der Waals surface area contributed by atoms with Gasteiger partial charge in [0.25, 0.3) is 0 Å². The maximum Gasteiger partial charge on any atom is 0.210 e. The fourth-order valence-corrected chi connectivity index (χ4v) is 3.05. The lowest BCUT2D eigenvalue weighted by Gasteiger charge is -2.39. The second kappa shape index (κ2) is 6.94. The molecular formula is C18H26O2. The quantitative estimate of drug-likeness (QED) is 0.676. The van der Waals surface area contributed by atoms with Gasteiger partial charge in [0.15, 0.2) is 0 Å². The smallest absolute Gasteiger partial charge is 0.210 e. The molecule has 1 unspecified atom stereocenters. The van der Waals surface area contributed by atoms with Gasteiger partial charge in [-0.05, 0) is 37.5 Å². The summed E-state index contributed by atoms with van der Waals surface area (Å²) < 4.78 is 12.2. The van der Waals surface area contributed by atoms with Gasteiger partial charge in [-0.2, -0.15) is 0 Å². The molecule has 1 saturated carbocycles. The summed E-state index contributed by atoms with van der Waals surface area (Å²) in [5.74, 6) is 0.845. The Morgan fingerprint density at radius 3 is 2.40 bits per heavy atom. The molecule has 0 aliphatic heterocycles. The number of hydrogen-bond donors (Lipinski definition) is 0. The molecule has 0 saturated heterocycles. The van der Waals surface area contributed by atoms with E-state index in [4.69, 9.17) is 9.47 Å². The summed E-state index contributed by atoms with van der Waals surface area (Å²) in [4.78, 5) is 0. The Labute approximate surface area is 122 Å². The van der Waals surface area contributed by atoms with Gasteiger partial charge in [-0.1, -0.05) is 44.1 Å². The molecule has 0 bridgehead atoms. The van der Waals surface area contributed by atoms with E-state index in [1.54, 1.807) is 0 Å². The van der Waals surface area contributed by atoms with Crippen LogP contribution in [-0.4, -0.2) is 12.4 Å². The second-order valence-corrected chi connectivity index (χ2v) is 5.66. The van der Waals surface area contributed by atoms with E-state index in [0.29, 0.717) is 12.5 Å². The Hall–Kier alpha value is -1.28. The highest BCUT2D eigenvalue weighted by Gasteiger charge is 2.37. The van der Waals surface area contributed by atoms with E-state index in [2.05, 4.69) is 13.5 Å². The van der Waals surface area contributed by atoms with Crippen molar-refractivity contribution >= 4 is 6.08 Å². The molecule has 0 amide bonds. The third-order valence-electron chi connectivity index (χ3n) is 4.21. The number of rotatable bonds is 6. The zero-order chi connectivity index (χ0) is 14.4. The van der Waals surface area contributed by atoms with Gasteiger partial charge < -0.3 is 9.47 Å². The third-order valence-corrected chi connectivity index (χ3v) is 4.21. The van der Waals surface area contributed by atoms with Crippen molar-refractivity contribution in [2.75, 3.05) is 6.61 Å². The molecule has 0 radical (unpaired) electrons. The Morgan fingerprint density at radius 1 is 1.20 bits per heavy atom. The van der Waals surface area contributed by atoms with Gasteiger partial charge in [0, 0.05) is 19.4 Å². The van der Waals surface area contributed by atoms with Crippen molar-refractivity contribution in [2.45, 2.75) is 51.7 Å². The lowest BCUT2D eigenvalue weighted by atomic mass is 9.83. The highest BCUT2D eigenvalue weighted by atomic mass is 16.7. The standard InChI is InChI=1S/C18H26O2/c1-4-15-11-13-17(14-12-15)20-18(3,19-5-2)16-9-7-6-8-10-16/h4,11-14,16H,1,5-10H2,2-3H3. The van der Waals surface area contributed by atoms with Gasteiger partial charge >= 0.3 is 0 Å². The highest BCUT2D eigenvalue weighted by molar-refractivity contribution is 5.48. The molecule has 110 valence electrons. The lowest BCUT2D eigenvalue weighted by Crippen LogP contribution is -2.44. The average molecular weight is 274 g/mol. The van der Waals surface area contributed by atoms with Gasteiger partial charge in [0.1, 0.15) is 5.75 Å². The van der Waals surface area contributed by atoms with Gasteiger partial charge in [-0.3, -0.25) is 0 Å². The van der Waals surface area contributed by atoms with Crippen LogP contribution in [0.25, 0.3) is 6.08 Å². The molecule has 2 rings (SSSR count). The van der Waals surface area contributed by atoms with Gasteiger partial charge in [-0.15, -0.1) is 0 Å². The topological polar surface area (TPSA) is 18.5 Å². The van der Waals surface area contributed by atoms with Crippen LogP contribution in [0.4, 0.5) is 0 Å². The molecule has 2 nitrogen and oxygen atoms in total. The summed E-state index contributed by atoms with van der Waals surface area (Å²) in [6.07, 6.45) is 8.14. The predicted molar refractivity (Wildman–Crippen MR) is 83.8 cm³/mol. The molecule has 0 N–H and O–H groups in total. The second-order valence-electron chi connectivity index (χ2n) is 5.66. The van der Waals surface area contributed by atoms with E-state index in [9.17, 15) is 0 Å². The lowest BCUT2D eigenvalue weighted by molar-refractivity contribution is -0.208. The summed E-state index contributed by atoms with van der Waals surface area (Å²) in [5.41, 5.74) is 1.10. The highest BCUT2D eigenvalue weighted by Crippen LogP contribution is 2.36. The molecule has 1 aromatic carbocycles. The first-order chi connectivity index (χ1) is 9.68. The van der Waals surface area contributed by atoms with E-state index in [1.807, 2.05) is 37.3 Å². The van der Waals surface area contributed by atoms with Crippen molar-refractivity contribution in [1.82, 2.24) is 0 Å². The summed E-state index contributed by atoms with van der Waals surface area (Å²) in [6.45, 7) is 8.58. The van der Waals surface area contributed by atoms with Gasteiger partial charge in [-0.25, -0.2) is 0 Å². The normalized spacial score (nSPS) is 19.3. The maximum atomic E-state index is 6.22. The van der Waals surface area contributed by atoms with Crippen molar-refractivity contribution in [3.63, 3.8) is 0 Å². The molecule has 1 aliphatic carbocycles. The van der Waals surface area contributed by atoms with Crippen LogP contribution in [0.5, 0.6) is 5.75 Å². The van der Waals surface area contributed by atoms with Crippen LogP contribution in [0.1, 0.15) is 51.5 Å². The first-order valence-corrected chi connectivity index (χ1v) is 7.73. The average Bonchev–Trinajstić information content (AvgIpc) is 2.49. The van der Waals surface area contributed by atoms with Crippen molar-refractivity contribution in [2.24, 2.45) is 5.92 Å². The molecular weight excluding hydrogens is 248 g/mol. The summed E-state index contributed by atoms with van der Waals surface area (Å²) in [5, 5.41) is 0. The molecule has 0 spiro atoms. The minimum atomic E-state index is -0.509. The van der Waals surface area contributed by atoms with Crippen LogP contribution < -0.4 is 4.74 Å². The zero-order valence-corrected chi connectivity index (χ0v) is 12.7. The zero-order valence-electron chi connectivity index (χ0n) is 12.7. The Balaban J connectivity index is 2.11. The third kappa shape index (κ3) is 3.63. The number of benzene rings is 1. The molecule has 1 fully saturated rings. The minimum Gasteiger partial charge on any atom is -0.462 e.